The molecule has 2 aromatic carbocycles. The molecule has 0 aliphatic heterocycles. The minimum Gasteiger partial charge on any atom is -0.396 e. The van der Waals surface area contributed by atoms with Crippen LogP contribution in [-0.2, 0) is 6.54 Å². The van der Waals surface area contributed by atoms with Gasteiger partial charge in [-0.25, -0.2) is 4.98 Å². The second-order valence-electron chi connectivity index (χ2n) is 6.81. The molecule has 1 aliphatic carbocycles. The molecule has 0 spiro atoms. The molecule has 1 fully saturated rings. The van der Waals surface area contributed by atoms with Crippen molar-refractivity contribution in [2.24, 2.45) is 5.41 Å². The van der Waals surface area contributed by atoms with Crippen LogP contribution in [0.3, 0.4) is 0 Å². The third kappa shape index (κ3) is 2.65. The van der Waals surface area contributed by atoms with E-state index in [1.807, 2.05) is 30.6 Å². The van der Waals surface area contributed by atoms with E-state index in [0.717, 1.165) is 36.3 Å². The summed E-state index contributed by atoms with van der Waals surface area (Å²) in [5, 5.41) is 9.85. The van der Waals surface area contributed by atoms with Gasteiger partial charge in [-0.15, -0.1) is 0 Å². The van der Waals surface area contributed by atoms with Crippen LogP contribution in [0.2, 0.25) is 0 Å². The Morgan fingerprint density at radius 2 is 1.54 bits per heavy atom. The molecule has 0 unspecified atom stereocenters. The Morgan fingerprint density at radius 1 is 0.917 bits per heavy atom. The minimum atomic E-state index is 0.0260. The molecule has 24 heavy (non-hydrogen) atoms. The van der Waals surface area contributed by atoms with Crippen LogP contribution in [0.5, 0.6) is 0 Å². The molecule has 3 heteroatoms. The summed E-state index contributed by atoms with van der Waals surface area (Å²) in [5.74, 6) is 0. The molecule has 0 radical (unpaired) electrons. The zero-order valence-electron chi connectivity index (χ0n) is 13.7. The molecule has 1 N–H and O–H groups in total. The quantitative estimate of drug-likeness (QED) is 0.758. The molecule has 3 nitrogen and oxygen atoms in total. The maximum absolute atomic E-state index is 9.85. The maximum atomic E-state index is 9.85. The predicted octanol–water partition coefficient (Wildman–Crippen LogP) is 4.38. The van der Waals surface area contributed by atoms with Crippen molar-refractivity contribution in [2.45, 2.75) is 25.8 Å². The first-order valence-electron chi connectivity index (χ1n) is 8.58. The van der Waals surface area contributed by atoms with Gasteiger partial charge in [0.15, 0.2) is 0 Å². The first-order chi connectivity index (χ1) is 11.8. The van der Waals surface area contributed by atoms with Gasteiger partial charge >= 0.3 is 0 Å². The van der Waals surface area contributed by atoms with Crippen molar-refractivity contribution in [3.8, 4) is 22.5 Å². The summed E-state index contributed by atoms with van der Waals surface area (Å²) < 4.78 is 2.23. The summed E-state index contributed by atoms with van der Waals surface area (Å²) in [5.41, 5.74) is 4.47. The van der Waals surface area contributed by atoms with Gasteiger partial charge in [0.25, 0.3) is 0 Å². The van der Waals surface area contributed by atoms with E-state index in [9.17, 15) is 5.11 Å². The first-order valence-corrected chi connectivity index (χ1v) is 8.58. The molecule has 1 heterocycles. The lowest BCUT2D eigenvalue weighted by Gasteiger charge is -2.40. The minimum absolute atomic E-state index is 0.0260. The second-order valence-corrected chi connectivity index (χ2v) is 6.81. The number of imidazole rings is 1. The van der Waals surface area contributed by atoms with Crippen LogP contribution in [0.4, 0.5) is 0 Å². The summed E-state index contributed by atoms with van der Waals surface area (Å²) in [6.07, 6.45) is 5.33. The van der Waals surface area contributed by atoms with E-state index in [1.54, 1.807) is 0 Å². The highest BCUT2D eigenvalue weighted by molar-refractivity contribution is 5.78. The number of aliphatic hydroxyl groups excluding tert-OH is 1. The van der Waals surface area contributed by atoms with E-state index >= 15 is 0 Å². The fourth-order valence-electron chi connectivity index (χ4n) is 3.61. The van der Waals surface area contributed by atoms with E-state index in [0.29, 0.717) is 0 Å². The van der Waals surface area contributed by atoms with Gasteiger partial charge in [0, 0.05) is 23.1 Å². The summed E-state index contributed by atoms with van der Waals surface area (Å²) >= 11 is 0. The number of hydrogen-bond acceptors (Lipinski definition) is 2. The van der Waals surface area contributed by atoms with Crippen LogP contribution in [-0.4, -0.2) is 21.3 Å². The van der Waals surface area contributed by atoms with Gasteiger partial charge in [0.1, 0.15) is 0 Å². The van der Waals surface area contributed by atoms with Crippen molar-refractivity contribution in [1.29, 1.82) is 0 Å². The van der Waals surface area contributed by atoms with Crippen molar-refractivity contribution in [3.05, 3.63) is 67.0 Å². The molecule has 0 amide bonds. The smallest absolute Gasteiger partial charge is 0.0963 e. The van der Waals surface area contributed by atoms with Crippen molar-refractivity contribution in [2.75, 3.05) is 6.61 Å². The number of aliphatic hydroxyl groups is 1. The molecular weight excluding hydrogens is 296 g/mol. The Labute approximate surface area is 142 Å². The number of benzene rings is 2. The van der Waals surface area contributed by atoms with Gasteiger partial charge in [0.05, 0.1) is 24.3 Å². The highest BCUT2D eigenvalue weighted by Gasteiger charge is 2.37. The third-order valence-electron chi connectivity index (χ3n) is 5.19. The van der Waals surface area contributed by atoms with Crippen LogP contribution in [0.1, 0.15) is 19.3 Å². The standard InChI is InChI=1S/C21H22N2O/c24-15-21(12-7-13-21)14-23-16-22-19(17-8-3-1-4-9-17)20(23)18-10-5-2-6-11-18/h1-6,8-11,16,24H,7,12-15H2. The molecule has 4 rings (SSSR count). The summed E-state index contributed by atoms with van der Waals surface area (Å²) in [7, 11) is 0. The van der Waals surface area contributed by atoms with Gasteiger partial charge < -0.3 is 9.67 Å². The van der Waals surface area contributed by atoms with Crippen molar-refractivity contribution < 1.29 is 5.11 Å². The maximum Gasteiger partial charge on any atom is 0.0963 e. The van der Waals surface area contributed by atoms with Crippen LogP contribution in [0.25, 0.3) is 22.5 Å². The SMILES string of the molecule is OCC1(Cn2cnc(-c3ccccc3)c2-c2ccccc2)CCC1. The largest absolute Gasteiger partial charge is 0.396 e. The lowest BCUT2D eigenvalue weighted by molar-refractivity contribution is 0.0280. The molecule has 0 saturated heterocycles. The Balaban J connectivity index is 1.81. The average Bonchev–Trinajstić information content (AvgIpc) is 3.03. The molecule has 122 valence electrons. The summed E-state index contributed by atoms with van der Waals surface area (Å²) in [6.45, 7) is 1.08. The number of aromatic nitrogens is 2. The topological polar surface area (TPSA) is 38.0 Å². The number of hydrogen-bond donors (Lipinski definition) is 1. The van der Waals surface area contributed by atoms with E-state index in [1.165, 1.54) is 12.0 Å². The van der Waals surface area contributed by atoms with Gasteiger partial charge in [-0.1, -0.05) is 67.1 Å². The predicted molar refractivity (Wildman–Crippen MR) is 96.5 cm³/mol. The Kier molecular flexibility index (Phi) is 3.95. The molecule has 0 atom stereocenters. The van der Waals surface area contributed by atoms with Crippen molar-refractivity contribution >= 4 is 0 Å². The number of nitrogens with zero attached hydrogens (tertiary/aromatic N) is 2. The van der Waals surface area contributed by atoms with Crippen LogP contribution in [0.15, 0.2) is 67.0 Å². The molecule has 1 aromatic heterocycles. The van der Waals surface area contributed by atoms with Gasteiger partial charge in [-0.3, -0.25) is 0 Å². The summed E-state index contributed by atoms with van der Waals surface area (Å²) in [4.78, 5) is 4.72. The molecule has 3 aromatic rings. The Morgan fingerprint density at radius 3 is 2.08 bits per heavy atom. The van der Waals surface area contributed by atoms with Crippen LogP contribution < -0.4 is 0 Å². The van der Waals surface area contributed by atoms with Crippen LogP contribution >= 0.6 is 0 Å². The fourth-order valence-corrected chi connectivity index (χ4v) is 3.61. The number of rotatable bonds is 5. The highest BCUT2D eigenvalue weighted by atomic mass is 16.3. The zero-order valence-corrected chi connectivity index (χ0v) is 13.7. The van der Waals surface area contributed by atoms with Crippen LogP contribution in [0, 0.1) is 5.41 Å². The Bertz CT molecular complexity index is 799. The molecular formula is C21H22N2O. The van der Waals surface area contributed by atoms with Crippen molar-refractivity contribution in [1.82, 2.24) is 9.55 Å². The molecule has 1 aliphatic rings. The molecule has 1 saturated carbocycles. The lowest BCUT2D eigenvalue weighted by atomic mass is 9.69. The van der Waals surface area contributed by atoms with E-state index < -0.39 is 0 Å². The van der Waals surface area contributed by atoms with Crippen molar-refractivity contribution in [3.63, 3.8) is 0 Å². The van der Waals surface area contributed by atoms with Gasteiger partial charge in [-0.05, 0) is 12.8 Å². The van der Waals surface area contributed by atoms with Gasteiger partial charge in [0.2, 0.25) is 0 Å². The van der Waals surface area contributed by atoms with E-state index in [2.05, 4.69) is 41.0 Å². The monoisotopic (exact) mass is 318 g/mol. The molecule has 0 bridgehead atoms. The van der Waals surface area contributed by atoms with E-state index in [-0.39, 0.29) is 12.0 Å². The highest BCUT2D eigenvalue weighted by Crippen LogP contribution is 2.43. The fraction of sp³-hybridized carbons (Fsp3) is 0.286. The average molecular weight is 318 g/mol. The van der Waals surface area contributed by atoms with E-state index in [4.69, 9.17) is 4.98 Å². The zero-order chi connectivity index (χ0) is 16.4. The lowest BCUT2D eigenvalue weighted by Crippen LogP contribution is -2.37. The first kappa shape index (κ1) is 15.2. The Hall–Kier alpha value is -2.39. The second kappa shape index (κ2) is 6.25. The third-order valence-corrected chi connectivity index (χ3v) is 5.19. The van der Waals surface area contributed by atoms with Gasteiger partial charge in [-0.2, -0.15) is 0 Å². The summed E-state index contributed by atoms with van der Waals surface area (Å²) in [6, 6.07) is 20.7. The normalized spacial score (nSPS) is 15.9.